The highest BCUT2D eigenvalue weighted by atomic mass is 79.9. The van der Waals surface area contributed by atoms with Crippen molar-refractivity contribution in [3.63, 3.8) is 0 Å². The highest BCUT2D eigenvalue weighted by Gasteiger charge is 2.09. The molecule has 0 aliphatic carbocycles. The average Bonchev–Trinajstić information content (AvgIpc) is 2.34. The van der Waals surface area contributed by atoms with E-state index in [1.54, 1.807) is 0 Å². The molecule has 2 aromatic rings. The second kappa shape index (κ2) is 5.57. The summed E-state index contributed by atoms with van der Waals surface area (Å²) in [6, 6.07) is 7.93. The Labute approximate surface area is 118 Å². The zero-order valence-corrected chi connectivity index (χ0v) is 11.8. The Bertz CT molecular complexity index is 593. The van der Waals surface area contributed by atoms with E-state index in [-0.39, 0.29) is 6.54 Å². The number of aromatic hydroxyl groups is 1. The molecule has 0 saturated carbocycles. The first kappa shape index (κ1) is 13.8. The minimum Gasteiger partial charge on any atom is -0.503 e. The van der Waals surface area contributed by atoms with Gasteiger partial charge in [0.1, 0.15) is 0 Å². The molecule has 2 N–H and O–H groups in total. The van der Waals surface area contributed by atoms with Gasteiger partial charge in [0.15, 0.2) is 17.4 Å². The summed E-state index contributed by atoms with van der Waals surface area (Å²) in [6.45, 7) is 2.21. The third kappa shape index (κ3) is 3.23. The number of hydrogen-bond donors (Lipinski definition) is 2. The molecule has 5 heteroatoms. The van der Waals surface area contributed by atoms with E-state index in [2.05, 4.69) is 21.2 Å². The van der Waals surface area contributed by atoms with Crippen LogP contribution in [0.2, 0.25) is 0 Å². The Morgan fingerprint density at radius 1 is 1.16 bits per heavy atom. The van der Waals surface area contributed by atoms with Gasteiger partial charge in [0.25, 0.3) is 0 Å². The molecule has 0 spiro atoms. The van der Waals surface area contributed by atoms with Gasteiger partial charge >= 0.3 is 0 Å². The molecule has 2 rings (SSSR count). The molecule has 0 bridgehead atoms. The quantitative estimate of drug-likeness (QED) is 0.878. The fraction of sp³-hybridized carbons (Fsp3) is 0.143. The van der Waals surface area contributed by atoms with E-state index >= 15 is 0 Å². The second-order valence-electron chi connectivity index (χ2n) is 4.22. The molecule has 2 aromatic carbocycles. The number of phenolic OH excluding ortho intramolecular Hbond substituents is 1. The van der Waals surface area contributed by atoms with Crippen LogP contribution in [0.15, 0.2) is 34.8 Å². The molecule has 0 aromatic heterocycles. The predicted molar refractivity (Wildman–Crippen MR) is 74.2 cm³/mol. The minimum atomic E-state index is -0.954. The Hall–Kier alpha value is -1.62. The molecule has 0 aliphatic rings. The number of aryl methyl sites for hydroxylation is 1. The number of nitrogens with one attached hydrogen (secondary N) is 1. The monoisotopic (exact) mass is 327 g/mol. The van der Waals surface area contributed by atoms with Gasteiger partial charge in [-0.3, -0.25) is 0 Å². The predicted octanol–water partition coefficient (Wildman–Crippen LogP) is 4.35. The van der Waals surface area contributed by atoms with Gasteiger partial charge in [-0.1, -0.05) is 15.9 Å². The van der Waals surface area contributed by atoms with Crippen LogP contribution in [0.3, 0.4) is 0 Å². The SMILES string of the molecule is Cc1cc(Br)ccc1NCc1cc(F)c(O)c(F)c1. The summed E-state index contributed by atoms with van der Waals surface area (Å²) >= 11 is 3.36. The lowest BCUT2D eigenvalue weighted by Gasteiger charge is -2.10. The first-order valence-electron chi connectivity index (χ1n) is 5.64. The van der Waals surface area contributed by atoms with Crippen LogP contribution in [0.5, 0.6) is 5.75 Å². The number of anilines is 1. The van der Waals surface area contributed by atoms with Crippen LogP contribution >= 0.6 is 15.9 Å². The average molecular weight is 328 g/mol. The summed E-state index contributed by atoms with van der Waals surface area (Å²) in [6.07, 6.45) is 0. The van der Waals surface area contributed by atoms with E-state index in [0.717, 1.165) is 27.9 Å². The summed E-state index contributed by atoms with van der Waals surface area (Å²) in [4.78, 5) is 0. The van der Waals surface area contributed by atoms with Gasteiger partial charge in [-0.15, -0.1) is 0 Å². The van der Waals surface area contributed by atoms with Crippen LogP contribution in [0, 0.1) is 18.6 Å². The molecular formula is C14H12BrF2NO. The van der Waals surface area contributed by atoms with Gasteiger partial charge in [-0.25, -0.2) is 8.78 Å². The van der Waals surface area contributed by atoms with Crippen LogP contribution in [0.1, 0.15) is 11.1 Å². The molecule has 2 nitrogen and oxygen atoms in total. The molecule has 0 amide bonds. The summed E-state index contributed by atoms with van der Waals surface area (Å²) in [5, 5.41) is 12.1. The van der Waals surface area contributed by atoms with E-state index in [9.17, 15) is 8.78 Å². The van der Waals surface area contributed by atoms with Crippen molar-refractivity contribution in [2.24, 2.45) is 0 Å². The van der Waals surface area contributed by atoms with Gasteiger partial charge in [-0.2, -0.15) is 0 Å². The van der Waals surface area contributed by atoms with E-state index in [4.69, 9.17) is 5.11 Å². The molecule has 0 saturated heterocycles. The van der Waals surface area contributed by atoms with E-state index in [0.29, 0.717) is 5.56 Å². The second-order valence-corrected chi connectivity index (χ2v) is 5.14. The lowest BCUT2D eigenvalue weighted by molar-refractivity contribution is 0.395. The molecule has 19 heavy (non-hydrogen) atoms. The van der Waals surface area contributed by atoms with E-state index in [1.165, 1.54) is 0 Å². The van der Waals surface area contributed by atoms with Crippen molar-refractivity contribution in [2.45, 2.75) is 13.5 Å². The lowest BCUT2D eigenvalue weighted by atomic mass is 10.1. The minimum absolute atomic E-state index is 0.274. The normalized spacial score (nSPS) is 10.5. The molecule has 0 aliphatic heterocycles. The zero-order valence-electron chi connectivity index (χ0n) is 10.2. The first-order valence-corrected chi connectivity index (χ1v) is 6.43. The lowest BCUT2D eigenvalue weighted by Crippen LogP contribution is -2.02. The van der Waals surface area contributed by atoms with Crippen molar-refractivity contribution >= 4 is 21.6 Å². The molecule has 0 unspecified atom stereocenters. The zero-order chi connectivity index (χ0) is 14.0. The van der Waals surface area contributed by atoms with Crippen molar-refractivity contribution in [2.75, 3.05) is 5.32 Å². The van der Waals surface area contributed by atoms with Crippen LogP contribution < -0.4 is 5.32 Å². The highest BCUT2D eigenvalue weighted by molar-refractivity contribution is 9.10. The summed E-state index contributed by atoms with van der Waals surface area (Å²) in [7, 11) is 0. The molecule has 0 heterocycles. The highest BCUT2D eigenvalue weighted by Crippen LogP contribution is 2.23. The fourth-order valence-corrected chi connectivity index (χ4v) is 2.22. The summed E-state index contributed by atoms with van der Waals surface area (Å²) in [5.74, 6) is -2.85. The maximum atomic E-state index is 13.2. The summed E-state index contributed by atoms with van der Waals surface area (Å²) in [5.41, 5.74) is 2.33. The van der Waals surface area contributed by atoms with Crippen molar-refractivity contribution in [3.05, 3.63) is 57.6 Å². The van der Waals surface area contributed by atoms with Crippen LogP contribution in [0.4, 0.5) is 14.5 Å². The summed E-state index contributed by atoms with van der Waals surface area (Å²) < 4.78 is 27.3. The van der Waals surface area contributed by atoms with Crippen LogP contribution in [0.25, 0.3) is 0 Å². The van der Waals surface area contributed by atoms with Crippen molar-refractivity contribution in [1.29, 1.82) is 0 Å². The number of phenols is 1. The maximum Gasteiger partial charge on any atom is 0.187 e. The van der Waals surface area contributed by atoms with Crippen molar-refractivity contribution in [3.8, 4) is 5.75 Å². The smallest absolute Gasteiger partial charge is 0.187 e. The van der Waals surface area contributed by atoms with Gasteiger partial charge in [0.05, 0.1) is 0 Å². The Balaban J connectivity index is 2.14. The number of benzene rings is 2. The number of halogens is 3. The van der Waals surface area contributed by atoms with E-state index < -0.39 is 17.4 Å². The van der Waals surface area contributed by atoms with Gasteiger partial charge < -0.3 is 10.4 Å². The maximum absolute atomic E-state index is 13.2. The third-order valence-corrected chi connectivity index (χ3v) is 3.24. The molecule has 0 radical (unpaired) electrons. The third-order valence-electron chi connectivity index (χ3n) is 2.75. The number of rotatable bonds is 3. The fourth-order valence-electron chi connectivity index (χ4n) is 1.74. The Morgan fingerprint density at radius 2 is 1.79 bits per heavy atom. The van der Waals surface area contributed by atoms with Gasteiger partial charge in [-0.05, 0) is 48.4 Å². The van der Waals surface area contributed by atoms with Gasteiger partial charge in [0, 0.05) is 16.7 Å². The van der Waals surface area contributed by atoms with Crippen LogP contribution in [-0.4, -0.2) is 5.11 Å². The molecule has 0 fully saturated rings. The standard InChI is InChI=1S/C14H12BrF2NO/c1-8-4-10(15)2-3-13(8)18-7-9-5-11(16)14(19)12(17)6-9/h2-6,18-19H,7H2,1H3. The first-order chi connectivity index (χ1) is 8.97. The Kier molecular flexibility index (Phi) is 4.04. The topological polar surface area (TPSA) is 32.3 Å². The Morgan fingerprint density at radius 3 is 2.37 bits per heavy atom. The van der Waals surface area contributed by atoms with Crippen LogP contribution in [-0.2, 0) is 6.54 Å². The molecule has 0 atom stereocenters. The van der Waals surface area contributed by atoms with E-state index in [1.807, 2.05) is 25.1 Å². The largest absolute Gasteiger partial charge is 0.503 e. The van der Waals surface area contributed by atoms with Gasteiger partial charge in [0.2, 0.25) is 0 Å². The molecular weight excluding hydrogens is 316 g/mol. The molecule has 100 valence electrons. The van der Waals surface area contributed by atoms with Crippen molar-refractivity contribution in [1.82, 2.24) is 0 Å². The number of hydrogen-bond acceptors (Lipinski definition) is 2. The van der Waals surface area contributed by atoms with Crippen molar-refractivity contribution < 1.29 is 13.9 Å².